The van der Waals surface area contributed by atoms with E-state index >= 15 is 0 Å². The van der Waals surface area contributed by atoms with Crippen LogP contribution in [-0.4, -0.2) is 11.5 Å². The van der Waals surface area contributed by atoms with Crippen molar-refractivity contribution in [2.45, 2.75) is 13.3 Å². The first-order valence-electron chi connectivity index (χ1n) is 6.81. The number of rotatable bonds is 6. The van der Waals surface area contributed by atoms with Gasteiger partial charge in [-0.05, 0) is 30.2 Å². The van der Waals surface area contributed by atoms with E-state index in [-0.39, 0.29) is 10.6 Å². The summed E-state index contributed by atoms with van der Waals surface area (Å²) in [7, 11) is 0. The minimum atomic E-state index is -0.330. The molecule has 0 atom stereocenters. The van der Waals surface area contributed by atoms with Crippen molar-refractivity contribution in [3.8, 4) is 5.75 Å². The van der Waals surface area contributed by atoms with Crippen molar-refractivity contribution in [2.75, 3.05) is 6.61 Å². The van der Waals surface area contributed by atoms with E-state index in [1.54, 1.807) is 6.08 Å². The summed E-state index contributed by atoms with van der Waals surface area (Å²) in [5.74, 6) is 0.764. The van der Waals surface area contributed by atoms with Gasteiger partial charge in [-0.15, -0.1) is 0 Å². The molecule has 0 N–H and O–H groups in total. The lowest BCUT2D eigenvalue weighted by molar-refractivity contribution is -0.425. The summed E-state index contributed by atoms with van der Waals surface area (Å²) >= 11 is 0. The van der Waals surface area contributed by atoms with Gasteiger partial charge in [0.15, 0.2) is 0 Å². The summed E-state index contributed by atoms with van der Waals surface area (Å²) in [5.41, 5.74) is 1.89. The number of hydrogen-bond donors (Lipinski definition) is 0. The van der Waals surface area contributed by atoms with Gasteiger partial charge in [0.2, 0.25) is 0 Å². The molecule has 2 rings (SSSR count). The molecule has 0 aliphatic rings. The van der Waals surface area contributed by atoms with E-state index in [1.807, 2.05) is 61.5 Å². The second-order valence-electron chi connectivity index (χ2n) is 4.56. The highest BCUT2D eigenvalue weighted by Gasteiger charge is 2.11. The van der Waals surface area contributed by atoms with Gasteiger partial charge in [-0.25, -0.2) is 0 Å². The van der Waals surface area contributed by atoms with E-state index in [9.17, 15) is 10.1 Å². The molecular formula is C17H17NO3. The highest BCUT2D eigenvalue weighted by atomic mass is 16.6. The SMILES string of the molecule is CCOc1ccc(C=C(Cc2ccccc2)[N+](=O)[O-])cc1. The van der Waals surface area contributed by atoms with Crippen molar-refractivity contribution in [3.63, 3.8) is 0 Å². The summed E-state index contributed by atoms with van der Waals surface area (Å²) < 4.78 is 5.35. The second-order valence-corrected chi connectivity index (χ2v) is 4.56. The molecule has 0 saturated heterocycles. The Hall–Kier alpha value is -2.62. The molecule has 21 heavy (non-hydrogen) atoms. The van der Waals surface area contributed by atoms with Crippen LogP contribution >= 0.6 is 0 Å². The maximum absolute atomic E-state index is 11.2. The number of allylic oxidation sites excluding steroid dienone is 1. The molecule has 0 radical (unpaired) electrons. The zero-order valence-electron chi connectivity index (χ0n) is 11.9. The highest BCUT2D eigenvalue weighted by molar-refractivity contribution is 5.53. The summed E-state index contributed by atoms with van der Waals surface area (Å²) in [6.45, 7) is 2.52. The van der Waals surface area contributed by atoms with Gasteiger partial charge in [-0.1, -0.05) is 42.5 Å². The average Bonchev–Trinajstić information content (AvgIpc) is 2.50. The number of ether oxygens (including phenoxy) is 1. The Balaban J connectivity index is 2.19. The Bertz CT molecular complexity index is 618. The van der Waals surface area contributed by atoms with E-state index < -0.39 is 0 Å². The fourth-order valence-electron chi connectivity index (χ4n) is 1.99. The monoisotopic (exact) mass is 283 g/mol. The summed E-state index contributed by atoms with van der Waals surface area (Å²) in [6, 6.07) is 16.7. The van der Waals surface area contributed by atoms with Crippen LogP contribution < -0.4 is 4.74 Å². The molecule has 0 aliphatic heterocycles. The van der Waals surface area contributed by atoms with Crippen molar-refractivity contribution >= 4 is 6.08 Å². The molecule has 0 amide bonds. The molecule has 108 valence electrons. The van der Waals surface area contributed by atoms with Crippen LogP contribution in [0, 0.1) is 10.1 Å². The average molecular weight is 283 g/mol. The van der Waals surface area contributed by atoms with Crippen molar-refractivity contribution < 1.29 is 9.66 Å². The Kier molecular flexibility index (Phi) is 5.10. The first-order valence-corrected chi connectivity index (χ1v) is 6.81. The highest BCUT2D eigenvalue weighted by Crippen LogP contribution is 2.17. The lowest BCUT2D eigenvalue weighted by Crippen LogP contribution is -2.02. The van der Waals surface area contributed by atoms with Gasteiger partial charge in [0, 0.05) is 6.08 Å². The quantitative estimate of drug-likeness (QED) is 0.596. The van der Waals surface area contributed by atoms with Crippen LogP contribution in [0.1, 0.15) is 18.1 Å². The van der Waals surface area contributed by atoms with Crippen LogP contribution in [0.4, 0.5) is 0 Å². The zero-order valence-corrected chi connectivity index (χ0v) is 11.9. The summed E-state index contributed by atoms with van der Waals surface area (Å²) in [5, 5.41) is 11.2. The van der Waals surface area contributed by atoms with Crippen LogP contribution in [-0.2, 0) is 6.42 Å². The van der Waals surface area contributed by atoms with Crippen molar-refractivity contribution in [3.05, 3.63) is 81.5 Å². The van der Waals surface area contributed by atoms with Crippen LogP contribution in [0.2, 0.25) is 0 Å². The van der Waals surface area contributed by atoms with Crippen molar-refractivity contribution in [1.29, 1.82) is 0 Å². The fraction of sp³-hybridized carbons (Fsp3) is 0.176. The van der Waals surface area contributed by atoms with Gasteiger partial charge in [0.1, 0.15) is 5.75 Å². The van der Waals surface area contributed by atoms with Crippen LogP contribution in [0.15, 0.2) is 60.3 Å². The zero-order chi connectivity index (χ0) is 15.1. The van der Waals surface area contributed by atoms with Crippen molar-refractivity contribution in [1.82, 2.24) is 0 Å². The maximum atomic E-state index is 11.2. The predicted octanol–water partition coefficient (Wildman–Crippen LogP) is 3.95. The molecule has 0 heterocycles. The summed E-state index contributed by atoms with van der Waals surface area (Å²) in [6.07, 6.45) is 1.91. The maximum Gasteiger partial charge on any atom is 0.251 e. The standard InChI is InChI=1S/C17H17NO3/c1-2-21-17-10-8-15(9-11-17)13-16(18(19)20)12-14-6-4-3-5-7-14/h3-11,13H,2,12H2,1H3. The molecule has 0 aromatic heterocycles. The minimum absolute atomic E-state index is 0.172. The Morgan fingerprint density at radius 1 is 1.14 bits per heavy atom. The third-order valence-corrected chi connectivity index (χ3v) is 2.99. The van der Waals surface area contributed by atoms with Crippen LogP contribution in [0.3, 0.4) is 0 Å². The molecule has 4 nitrogen and oxygen atoms in total. The molecule has 0 fully saturated rings. The Morgan fingerprint density at radius 3 is 2.38 bits per heavy atom. The molecule has 2 aromatic carbocycles. The molecular weight excluding hydrogens is 266 g/mol. The van der Waals surface area contributed by atoms with Gasteiger partial charge in [0.25, 0.3) is 5.70 Å². The third kappa shape index (κ3) is 4.45. The minimum Gasteiger partial charge on any atom is -0.494 e. The van der Waals surface area contributed by atoms with E-state index in [1.165, 1.54) is 0 Å². The van der Waals surface area contributed by atoms with Crippen LogP contribution in [0.5, 0.6) is 5.75 Å². The second kappa shape index (κ2) is 7.24. The van der Waals surface area contributed by atoms with E-state index in [4.69, 9.17) is 4.74 Å². The molecule has 0 unspecified atom stereocenters. The predicted molar refractivity (Wildman–Crippen MR) is 82.7 cm³/mol. The van der Waals surface area contributed by atoms with Crippen LogP contribution in [0.25, 0.3) is 6.08 Å². The topological polar surface area (TPSA) is 52.4 Å². The van der Waals surface area contributed by atoms with E-state index in [0.29, 0.717) is 13.0 Å². The number of nitro groups is 1. The van der Waals surface area contributed by atoms with Gasteiger partial charge in [-0.3, -0.25) is 10.1 Å². The Morgan fingerprint density at radius 2 is 1.81 bits per heavy atom. The first-order chi connectivity index (χ1) is 10.2. The lowest BCUT2D eigenvalue weighted by atomic mass is 10.1. The molecule has 4 heteroatoms. The largest absolute Gasteiger partial charge is 0.494 e. The molecule has 0 spiro atoms. The molecule has 0 bridgehead atoms. The Labute approximate surface area is 123 Å². The number of nitrogens with zero attached hydrogens (tertiary/aromatic N) is 1. The van der Waals surface area contributed by atoms with Gasteiger partial charge < -0.3 is 4.74 Å². The molecule has 0 aliphatic carbocycles. The number of benzene rings is 2. The van der Waals surface area contributed by atoms with Gasteiger partial charge >= 0.3 is 0 Å². The van der Waals surface area contributed by atoms with Gasteiger partial charge in [-0.2, -0.15) is 0 Å². The normalized spacial score (nSPS) is 11.2. The lowest BCUT2D eigenvalue weighted by Gasteiger charge is -2.03. The number of hydrogen-bond acceptors (Lipinski definition) is 3. The van der Waals surface area contributed by atoms with E-state index in [2.05, 4.69) is 0 Å². The van der Waals surface area contributed by atoms with Gasteiger partial charge in [0.05, 0.1) is 18.0 Å². The smallest absolute Gasteiger partial charge is 0.251 e. The van der Waals surface area contributed by atoms with Crippen molar-refractivity contribution in [2.24, 2.45) is 0 Å². The third-order valence-electron chi connectivity index (χ3n) is 2.99. The fourth-order valence-corrected chi connectivity index (χ4v) is 1.99. The first kappa shape index (κ1) is 14.8. The molecule has 0 saturated carbocycles. The molecule has 2 aromatic rings. The van der Waals surface area contributed by atoms with E-state index in [0.717, 1.165) is 16.9 Å². The summed E-state index contributed by atoms with van der Waals surface area (Å²) in [4.78, 5) is 10.9.